The van der Waals surface area contributed by atoms with Gasteiger partial charge in [0.1, 0.15) is 18.8 Å². The van der Waals surface area contributed by atoms with Crippen molar-refractivity contribution in [2.24, 2.45) is 0 Å². The first-order valence-electron chi connectivity index (χ1n) is 30.5. The van der Waals surface area contributed by atoms with Crippen molar-refractivity contribution >= 4 is 23.9 Å². The maximum absolute atomic E-state index is 13.2. The summed E-state index contributed by atoms with van der Waals surface area (Å²) < 4.78 is 28.4. The van der Waals surface area contributed by atoms with Crippen LogP contribution in [0.5, 0.6) is 0 Å². The predicted molar refractivity (Wildman–Crippen MR) is 321 cm³/mol. The van der Waals surface area contributed by atoms with Crippen molar-refractivity contribution in [3.05, 3.63) is 122 Å². The second-order valence-corrected chi connectivity index (χ2v) is 20.2. The van der Waals surface area contributed by atoms with Gasteiger partial charge in [0.05, 0.1) is 6.61 Å². The Bertz CT molecular complexity index is 1840. The van der Waals surface area contributed by atoms with E-state index >= 15 is 0 Å². The van der Waals surface area contributed by atoms with Crippen molar-refractivity contribution in [3.63, 3.8) is 0 Å². The second-order valence-electron chi connectivity index (χ2n) is 20.2. The van der Waals surface area contributed by atoms with E-state index in [1.807, 2.05) is 0 Å². The Kier molecular flexibility index (Phi) is 49.1. The number of aliphatic hydroxyl groups is 2. The normalized spacial score (nSPS) is 18.7. The monoisotopic (exact) mass is 1100 g/mol. The maximum atomic E-state index is 13.2. The summed E-state index contributed by atoms with van der Waals surface area (Å²) in [6.45, 7) is 5.68. The average molecular weight is 1100 g/mol. The molecule has 1 fully saturated rings. The number of unbranched alkanes of at least 4 members (excludes halogenated alkanes) is 16. The molecular formula is C67H106O12. The van der Waals surface area contributed by atoms with Gasteiger partial charge >= 0.3 is 23.9 Å². The number of aliphatic hydroxyl groups excluding tert-OH is 2. The molecule has 0 spiro atoms. The van der Waals surface area contributed by atoms with Crippen molar-refractivity contribution in [2.45, 2.75) is 263 Å². The van der Waals surface area contributed by atoms with Crippen LogP contribution in [0.15, 0.2) is 122 Å². The lowest BCUT2D eigenvalue weighted by molar-refractivity contribution is -0.301. The molecule has 0 aromatic carbocycles. The van der Waals surface area contributed by atoms with Gasteiger partial charge in [-0.3, -0.25) is 14.4 Å². The lowest BCUT2D eigenvalue weighted by Gasteiger charge is -2.40. The molecule has 0 bridgehead atoms. The molecule has 12 nitrogen and oxygen atoms in total. The third-order valence-electron chi connectivity index (χ3n) is 13.0. The Labute approximate surface area is 478 Å². The molecule has 0 radical (unpaired) electrons. The summed E-state index contributed by atoms with van der Waals surface area (Å²) in [4.78, 5) is 51.2. The van der Waals surface area contributed by atoms with Crippen molar-refractivity contribution in [1.82, 2.24) is 0 Å². The second kappa shape index (κ2) is 53.7. The van der Waals surface area contributed by atoms with Crippen LogP contribution in [0, 0.1) is 0 Å². The molecule has 0 aromatic rings. The number of esters is 3. The van der Waals surface area contributed by atoms with Crippen molar-refractivity contribution in [1.29, 1.82) is 0 Å². The van der Waals surface area contributed by atoms with Crippen LogP contribution < -0.4 is 0 Å². The SMILES string of the molecule is CC/C=C\C/C=C\C/C=C\C/C=C\CCCCC(=O)OC(COC(=O)CCCCCCCC/C=C\C/C=C\C/C=C\CCCCC)COC1OC(C(=O)O)C(O)C(O)C1OC(=O)CCCCCCC/C=C\C/C=C\C/C=C\CC. The van der Waals surface area contributed by atoms with Crippen LogP contribution >= 0.6 is 0 Å². The standard InChI is InChI=1S/C67H106O12/c1-4-7-10-13-16-19-22-25-28-29-30-31-34-35-38-41-44-47-50-53-59(68)75-56-58(77-60(69)54-51-48-45-42-39-36-32-26-23-20-17-14-11-8-5-2)57-76-67-65(63(72)62(71)64(79-67)66(73)74)78-61(70)55-52-49-46-43-40-37-33-27-24-21-18-15-12-9-6-3/h8-9,11-12,16-21,25-28,30-33,39,42,58,62-65,67,71-72H,4-7,10,13-15,22-24,29,34-38,40-41,43-57H2,1-3H3,(H,73,74)/b11-8-,12-9-,19-16-,20-17-,21-18-,28-25-,31-30-,32-26-,33-27-,42-39-. The van der Waals surface area contributed by atoms with E-state index in [2.05, 4.69) is 142 Å². The molecule has 0 aromatic heterocycles. The van der Waals surface area contributed by atoms with Crippen LogP contribution in [0.4, 0.5) is 0 Å². The average Bonchev–Trinajstić information content (AvgIpc) is 3.46. The fourth-order valence-electron chi connectivity index (χ4n) is 8.38. The van der Waals surface area contributed by atoms with Gasteiger partial charge in [-0.2, -0.15) is 0 Å². The summed E-state index contributed by atoms with van der Waals surface area (Å²) in [5.74, 6) is -3.23. The third-order valence-corrected chi connectivity index (χ3v) is 13.0. The predicted octanol–water partition coefficient (Wildman–Crippen LogP) is 16.0. The molecule has 1 aliphatic rings. The number of aliphatic carboxylic acids is 1. The number of carbonyl (C=O) groups excluding carboxylic acids is 3. The first-order valence-corrected chi connectivity index (χ1v) is 30.5. The molecule has 1 heterocycles. The zero-order chi connectivity index (χ0) is 57.5. The maximum Gasteiger partial charge on any atom is 0.335 e. The number of ether oxygens (including phenoxy) is 5. The minimum Gasteiger partial charge on any atom is -0.479 e. The quantitative estimate of drug-likeness (QED) is 0.0228. The largest absolute Gasteiger partial charge is 0.479 e. The summed E-state index contributed by atoms with van der Waals surface area (Å²) in [5, 5.41) is 31.5. The molecule has 6 unspecified atom stereocenters. The highest BCUT2D eigenvalue weighted by Gasteiger charge is 2.50. The van der Waals surface area contributed by atoms with E-state index in [0.29, 0.717) is 19.3 Å². The topological polar surface area (TPSA) is 175 Å². The molecule has 6 atom stereocenters. The van der Waals surface area contributed by atoms with Crippen molar-refractivity contribution < 1.29 is 58.2 Å². The van der Waals surface area contributed by atoms with E-state index in [0.717, 1.165) is 141 Å². The number of carboxylic acid groups (broad SMARTS) is 1. The van der Waals surface area contributed by atoms with Gasteiger partial charge in [0.2, 0.25) is 0 Å². The van der Waals surface area contributed by atoms with Gasteiger partial charge in [-0.1, -0.05) is 200 Å². The van der Waals surface area contributed by atoms with E-state index in [9.17, 15) is 34.5 Å². The van der Waals surface area contributed by atoms with Gasteiger partial charge < -0.3 is 39.0 Å². The minimum atomic E-state index is -1.92. The van der Waals surface area contributed by atoms with E-state index in [4.69, 9.17) is 23.7 Å². The molecule has 0 amide bonds. The van der Waals surface area contributed by atoms with Crippen LogP contribution in [0.3, 0.4) is 0 Å². The molecule has 446 valence electrons. The fourth-order valence-corrected chi connectivity index (χ4v) is 8.38. The van der Waals surface area contributed by atoms with Crippen molar-refractivity contribution in [3.8, 4) is 0 Å². The molecule has 0 saturated carbocycles. The molecular weight excluding hydrogens is 997 g/mol. The lowest BCUT2D eigenvalue weighted by atomic mass is 9.98. The van der Waals surface area contributed by atoms with E-state index < -0.39 is 67.3 Å². The first-order chi connectivity index (χ1) is 38.6. The Morgan fingerprint density at radius 1 is 0.430 bits per heavy atom. The number of rotatable bonds is 50. The molecule has 1 saturated heterocycles. The Morgan fingerprint density at radius 2 is 0.797 bits per heavy atom. The number of carbonyl (C=O) groups is 4. The van der Waals surface area contributed by atoms with Gasteiger partial charge in [-0.15, -0.1) is 0 Å². The fraction of sp³-hybridized carbons (Fsp3) is 0.642. The molecule has 0 aliphatic carbocycles. The summed E-state index contributed by atoms with van der Waals surface area (Å²) in [7, 11) is 0. The minimum absolute atomic E-state index is 0.0282. The lowest BCUT2D eigenvalue weighted by Crippen LogP contribution is -2.61. The Balaban J connectivity index is 2.73. The molecule has 3 N–H and O–H groups in total. The van der Waals surface area contributed by atoms with Crippen molar-refractivity contribution in [2.75, 3.05) is 13.2 Å². The summed E-state index contributed by atoms with van der Waals surface area (Å²) in [6, 6.07) is 0. The van der Waals surface area contributed by atoms with Crippen LogP contribution in [-0.2, 0) is 42.9 Å². The molecule has 12 heteroatoms. The van der Waals surface area contributed by atoms with Gasteiger partial charge in [-0.25, -0.2) is 4.79 Å². The number of hydrogen-bond acceptors (Lipinski definition) is 11. The summed E-state index contributed by atoms with van der Waals surface area (Å²) >= 11 is 0. The molecule has 79 heavy (non-hydrogen) atoms. The van der Waals surface area contributed by atoms with Gasteiger partial charge in [0.15, 0.2) is 24.6 Å². The van der Waals surface area contributed by atoms with E-state index in [-0.39, 0.29) is 25.9 Å². The van der Waals surface area contributed by atoms with Gasteiger partial charge in [-0.05, 0) is 128 Å². The molecule has 1 aliphatic heterocycles. The smallest absolute Gasteiger partial charge is 0.335 e. The zero-order valence-corrected chi connectivity index (χ0v) is 49.1. The Morgan fingerprint density at radius 3 is 1.24 bits per heavy atom. The summed E-state index contributed by atoms with van der Waals surface area (Å²) in [5.41, 5.74) is 0. The highest BCUT2D eigenvalue weighted by Crippen LogP contribution is 2.26. The van der Waals surface area contributed by atoms with Crippen LogP contribution in [-0.4, -0.2) is 89.2 Å². The number of carboxylic acids is 1. The molecule has 1 rings (SSSR count). The summed E-state index contributed by atoms with van der Waals surface area (Å²) in [6.07, 6.45) is 61.6. The van der Waals surface area contributed by atoms with Crippen LogP contribution in [0.1, 0.15) is 226 Å². The number of allylic oxidation sites excluding steroid dienone is 20. The van der Waals surface area contributed by atoms with Crippen LogP contribution in [0.25, 0.3) is 0 Å². The third kappa shape index (κ3) is 43.6. The highest BCUT2D eigenvalue weighted by atomic mass is 16.7. The van der Waals surface area contributed by atoms with Crippen LogP contribution in [0.2, 0.25) is 0 Å². The van der Waals surface area contributed by atoms with E-state index in [1.54, 1.807) is 0 Å². The highest BCUT2D eigenvalue weighted by molar-refractivity contribution is 5.74. The van der Waals surface area contributed by atoms with Gasteiger partial charge in [0, 0.05) is 19.3 Å². The van der Waals surface area contributed by atoms with Gasteiger partial charge in [0.25, 0.3) is 0 Å². The van der Waals surface area contributed by atoms with E-state index in [1.165, 1.54) is 25.7 Å². The zero-order valence-electron chi connectivity index (χ0n) is 49.1. The Hall–Kier alpha value is -4.88. The first kappa shape index (κ1) is 72.1. The number of hydrogen-bond donors (Lipinski definition) is 3.